The van der Waals surface area contributed by atoms with E-state index in [9.17, 15) is 13.9 Å². The van der Waals surface area contributed by atoms with E-state index in [4.69, 9.17) is 10.5 Å². The van der Waals surface area contributed by atoms with Crippen LogP contribution in [0.4, 0.5) is 14.5 Å². The molecule has 148 valence electrons. The second kappa shape index (κ2) is 6.34. The van der Waals surface area contributed by atoms with E-state index in [2.05, 4.69) is 4.98 Å². The first kappa shape index (κ1) is 17.7. The van der Waals surface area contributed by atoms with Crippen LogP contribution in [0.25, 0.3) is 32.9 Å². The highest BCUT2D eigenvalue weighted by atomic mass is 19.1. The van der Waals surface area contributed by atoms with E-state index in [0.717, 1.165) is 19.3 Å². The number of fused-ring (bicyclic) bond motifs is 2. The summed E-state index contributed by atoms with van der Waals surface area (Å²) in [6.45, 7) is 0. The average molecular weight is 395 g/mol. The van der Waals surface area contributed by atoms with Crippen molar-refractivity contribution in [1.82, 2.24) is 9.55 Å². The number of pyridine rings is 1. The number of aromatic hydroxyl groups is 1. The van der Waals surface area contributed by atoms with Crippen LogP contribution in [-0.2, 0) is 0 Å². The highest BCUT2D eigenvalue weighted by Crippen LogP contribution is 2.44. The summed E-state index contributed by atoms with van der Waals surface area (Å²) in [6.07, 6.45) is 4.79. The fraction of sp³-hybridized carbons (Fsp3) is 0.227. The Morgan fingerprint density at radius 2 is 1.93 bits per heavy atom. The van der Waals surface area contributed by atoms with Crippen LogP contribution in [0.2, 0.25) is 0 Å². The van der Waals surface area contributed by atoms with Crippen molar-refractivity contribution >= 4 is 27.5 Å². The Labute approximate surface area is 165 Å². The number of aromatic nitrogens is 2. The van der Waals surface area contributed by atoms with Crippen molar-refractivity contribution in [1.29, 1.82) is 0 Å². The molecule has 0 aliphatic heterocycles. The second-order valence-electron chi connectivity index (χ2n) is 7.39. The predicted octanol–water partition coefficient (Wildman–Crippen LogP) is 5.16. The minimum absolute atomic E-state index is 0.0170. The Morgan fingerprint density at radius 1 is 1.17 bits per heavy atom. The van der Waals surface area contributed by atoms with E-state index in [1.165, 1.54) is 37.4 Å². The van der Waals surface area contributed by atoms with Crippen LogP contribution < -0.4 is 10.5 Å². The zero-order valence-electron chi connectivity index (χ0n) is 15.7. The summed E-state index contributed by atoms with van der Waals surface area (Å²) in [7, 11) is 1.46. The fourth-order valence-electron chi connectivity index (χ4n) is 4.02. The maximum absolute atomic E-state index is 14.9. The Bertz CT molecular complexity index is 1280. The standard InChI is InChI=1S/C22H19F2N3O2/c1-29-12-5-7-15(23)14(9-12)18-16(24)8-6-13-20(25)19-17(26-21(13)18)10-27(22(19)28)11-3-2-4-11/h5-11,28H,2-4,25H2,1H3. The molecule has 0 spiro atoms. The molecule has 5 nitrogen and oxygen atoms in total. The lowest BCUT2D eigenvalue weighted by Crippen LogP contribution is -2.15. The van der Waals surface area contributed by atoms with E-state index in [1.807, 2.05) is 0 Å². The quantitative estimate of drug-likeness (QED) is 0.503. The zero-order chi connectivity index (χ0) is 20.3. The monoisotopic (exact) mass is 395 g/mol. The molecule has 0 bridgehead atoms. The largest absolute Gasteiger partial charge is 0.497 e. The third-order valence-corrected chi connectivity index (χ3v) is 5.82. The number of nitrogens with zero attached hydrogens (tertiary/aromatic N) is 2. The van der Waals surface area contributed by atoms with Crippen LogP contribution in [0.1, 0.15) is 25.3 Å². The van der Waals surface area contributed by atoms with Gasteiger partial charge in [-0.1, -0.05) is 0 Å². The van der Waals surface area contributed by atoms with Crippen molar-refractivity contribution in [2.24, 2.45) is 0 Å². The van der Waals surface area contributed by atoms with E-state index < -0.39 is 11.6 Å². The summed E-state index contributed by atoms with van der Waals surface area (Å²) < 4.78 is 36.4. The SMILES string of the molecule is COc1ccc(F)c(-c2c(F)ccc3c(N)c4c(O)n(C5CCC5)cc4nc23)c1. The normalized spacial score (nSPS) is 14.4. The summed E-state index contributed by atoms with van der Waals surface area (Å²) in [5.41, 5.74) is 7.42. The van der Waals surface area contributed by atoms with Gasteiger partial charge in [0.15, 0.2) is 0 Å². The van der Waals surface area contributed by atoms with Gasteiger partial charge >= 0.3 is 0 Å². The van der Waals surface area contributed by atoms with Crippen molar-refractivity contribution in [3.05, 3.63) is 48.2 Å². The third-order valence-electron chi connectivity index (χ3n) is 5.82. The highest BCUT2D eigenvalue weighted by Gasteiger charge is 2.26. The molecule has 0 atom stereocenters. The van der Waals surface area contributed by atoms with Gasteiger partial charge in [0.05, 0.1) is 29.2 Å². The summed E-state index contributed by atoms with van der Waals surface area (Å²) in [5.74, 6) is -0.734. The van der Waals surface area contributed by atoms with Gasteiger partial charge in [-0.15, -0.1) is 0 Å². The Hall–Kier alpha value is -3.35. The first-order valence-electron chi connectivity index (χ1n) is 9.44. The molecular formula is C22H19F2N3O2. The van der Waals surface area contributed by atoms with Gasteiger partial charge in [-0.2, -0.15) is 0 Å². The number of nitrogens with two attached hydrogens (primary N) is 1. The van der Waals surface area contributed by atoms with E-state index in [-0.39, 0.29) is 28.6 Å². The number of hydrogen-bond acceptors (Lipinski definition) is 4. The predicted molar refractivity (Wildman–Crippen MR) is 108 cm³/mol. The maximum Gasteiger partial charge on any atom is 0.203 e. The van der Waals surface area contributed by atoms with Crippen molar-refractivity contribution in [2.45, 2.75) is 25.3 Å². The lowest BCUT2D eigenvalue weighted by molar-refractivity contribution is 0.283. The third kappa shape index (κ3) is 2.53. The van der Waals surface area contributed by atoms with Crippen molar-refractivity contribution in [3.63, 3.8) is 0 Å². The van der Waals surface area contributed by atoms with Crippen molar-refractivity contribution < 1.29 is 18.6 Å². The van der Waals surface area contributed by atoms with Crippen LogP contribution in [-0.4, -0.2) is 21.8 Å². The molecular weight excluding hydrogens is 376 g/mol. The fourth-order valence-corrected chi connectivity index (χ4v) is 4.02. The zero-order valence-corrected chi connectivity index (χ0v) is 15.7. The summed E-state index contributed by atoms with van der Waals surface area (Å²) >= 11 is 0. The number of rotatable bonds is 3. The molecule has 3 N–H and O–H groups in total. The molecule has 0 unspecified atom stereocenters. The van der Waals surface area contributed by atoms with E-state index >= 15 is 0 Å². The molecule has 1 fully saturated rings. The average Bonchev–Trinajstić information content (AvgIpc) is 2.98. The number of hydrogen-bond donors (Lipinski definition) is 2. The number of ether oxygens (including phenoxy) is 1. The van der Waals surface area contributed by atoms with Gasteiger partial charge in [0.2, 0.25) is 5.88 Å². The molecule has 5 rings (SSSR count). The Kier molecular flexibility index (Phi) is 3.87. The molecule has 2 aromatic carbocycles. The number of nitrogen functional groups attached to an aromatic ring is 1. The van der Waals surface area contributed by atoms with Gasteiger partial charge in [-0.05, 0) is 49.6 Å². The summed E-state index contributed by atoms with van der Waals surface area (Å²) in [5, 5.41) is 11.6. The molecule has 2 heterocycles. The highest BCUT2D eigenvalue weighted by molar-refractivity contribution is 6.12. The van der Waals surface area contributed by atoms with Gasteiger partial charge in [0.25, 0.3) is 0 Å². The Balaban J connectivity index is 1.85. The molecule has 4 aromatic rings. The number of methoxy groups -OCH3 is 1. The lowest BCUT2D eigenvalue weighted by atomic mass is 9.93. The van der Waals surface area contributed by atoms with Gasteiger partial charge in [0.1, 0.15) is 17.4 Å². The molecule has 29 heavy (non-hydrogen) atoms. The summed E-state index contributed by atoms with van der Waals surface area (Å²) in [6, 6.07) is 7.09. The smallest absolute Gasteiger partial charge is 0.203 e. The van der Waals surface area contributed by atoms with E-state index in [0.29, 0.717) is 27.7 Å². The summed E-state index contributed by atoms with van der Waals surface area (Å²) in [4.78, 5) is 4.59. The van der Waals surface area contributed by atoms with Crippen LogP contribution in [0.15, 0.2) is 36.5 Å². The van der Waals surface area contributed by atoms with Crippen LogP contribution in [0.5, 0.6) is 11.6 Å². The van der Waals surface area contributed by atoms with Crippen molar-refractivity contribution in [3.8, 4) is 22.8 Å². The van der Waals surface area contributed by atoms with Crippen LogP contribution in [0.3, 0.4) is 0 Å². The van der Waals surface area contributed by atoms with Gasteiger partial charge in [0, 0.05) is 28.8 Å². The lowest BCUT2D eigenvalue weighted by Gasteiger charge is -2.27. The maximum atomic E-state index is 14.9. The molecule has 1 aliphatic rings. The van der Waals surface area contributed by atoms with Crippen LogP contribution in [0, 0.1) is 11.6 Å². The minimum Gasteiger partial charge on any atom is -0.497 e. The molecule has 0 saturated heterocycles. The number of anilines is 1. The molecule has 1 aliphatic carbocycles. The van der Waals surface area contributed by atoms with Crippen LogP contribution >= 0.6 is 0 Å². The number of benzene rings is 2. The van der Waals surface area contributed by atoms with Gasteiger partial charge < -0.3 is 20.1 Å². The van der Waals surface area contributed by atoms with E-state index in [1.54, 1.807) is 10.8 Å². The number of halogens is 2. The molecule has 0 radical (unpaired) electrons. The molecule has 7 heteroatoms. The molecule has 1 saturated carbocycles. The molecule has 0 amide bonds. The first-order chi connectivity index (χ1) is 14.0. The molecule has 2 aromatic heterocycles. The van der Waals surface area contributed by atoms with Gasteiger partial charge in [-0.25, -0.2) is 13.8 Å². The minimum atomic E-state index is -0.612. The Morgan fingerprint density at radius 3 is 2.62 bits per heavy atom. The second-order valence-corrected chi connectivity index (χ2v) is 7.39. The van der Waals surface area contributed by atoms with Crippen molar-refractivity contribution in [2.75, 3.05) is 12.8 Å². The topological polar surface area (TPSA) is 73.3 Å². The van der Waals surface area contributed by atoms with Gasteiger partial charge in [-0.3, -0.25) is 0 Å². The first-order valence-corrected chi connectivity index (χ1v) is 9.44.